The predicted molar refractivity (Wildman–Crippen MR) is 79.5 cm³/mol. The molecule has 21 heavy (non-hydrogen) atoms. The van der Waals surface area contributed by atoms with Crippen LogP contribution in [0, 0.1) is 0 Å². The maximum Gasteiger partial charge on any atom is 0.434 e. The molecule has 2 rings (SSSR count). The molecule has 2 nitrogen and oxygen atoms in total. The Balaban J connectivity index is 2.43. The Hall–Kier alpha value is -1.11. The largest absolute Gasteiger partial charge is 0.434 e. The average molecular weight is 335 g/mol. The van der Waals surface area contributed by atoms with Crippen molar-refractivity contribution in [2.75, 3.05) is 0 Å². The zero-order valence-electron chi connectivity index (χ0n) is 11.5. The fourth-order valence-corrected chi connectivity index (χ4v) is 3.09. The van der Waals surface area contributed by atoms with E-state index in [0.717, 1.165) is 11.3 Å². The van der Waals surface area contributed by atoms with E-state index in [1.165, 1.54) is 0 Å². The van der Waals surface area contributed by atoms with Gasteiger partial charge in [-0.1, -0.05) is 43.6 Å². The van der Waals surface area contributed by atoms with Crippen LogP contribution in [0.2, 0.25) is 5.02 Å². The second-order valence-corrected chi connectivity index (χ2v) is 6.29. The van der Waals surface area contributed by atoms with Crippen LogP contribution < -0.4 is 5.32 Å². The number of thiazole rings is 1. The van der Waals surface area contributed by atoms with Gasteiger partial charge in [-0.25, -0.2) is 4.98 Å². The van der Waals surface area contributed by atoms with Gasteiger partial charge in [0.25, 0.3) is 0 Å². The van der Waals surface area contributed by atoms with Crippen LogP contribution in [0.5, 0.6) is 0 Å². The van der Waals surface area contributed by atoms with E-state index in [0.29, 0.717) is 10.6 Å². The number of hydrogen-bond donors (Lipinski definition) is 1. The highest BCUT2D eigenvalue weighted by Gasteiger charge is 2.37. The Kier molecular flexibility index (Phi) is 4.91. The van der Waals surface area contributed by atoms with E-state index >= 15 is 0 Å². The van der Waals surface area contributed by atoms with Crippen LogP contribution in [0.4, 0.5) is 13.2 Å². The topological polar surface area (TPSA) is 24.9 Å². The van der Waals surface area contributed by atoms with Crippen molar-refractivity contribution in [2.24, 2.45) is 0 Å². The number of alkyl halides is 3. The first-order chi connectivity index (χ1) is 9.79. The van der Waals surface area contributed by atoms with Crippen LogP contribution in [0.3, 0.4) is 0 Å². The van der Waals surface area contributed by atoms with E-state index < -0.39 is 11.9 Å². The number of hydrogen-bond acceptors (Lipinski definition) is 3. The fourth-order valence-electron chi connectivity index (χ4n) is 1.74. The number of rotatable bonds is 4. The molecule has 0 atom stereocenters. The summed E-state index contributed by atoms with van der Waals surface area (Å²) >= 11 is 7.05. The monoisotopic (exact) mass is 334 g/mol. The Bertz CT molecular complexity index is 623. The number of nitrogens with one attached hydrogen (secondary N) is 1. The average Bonchev–Trinajstić information content (AvgIpc) is 2.81. The second-order valence-electron chi connectivity index (χ2n) is 4.80. The normalized spacial score (nSPS) is 12.1. The van der Waals surface area contributed by atoms with E-state index in [2.05, 4.69) is 10.3 Å². The second kappa shape index (κ2) is 6.34. The summed E-state index contributed by atoms with van der Waals surface area (Å²) in [7, 11) is 0. The molecule has 0 radical (unpaired) electrons. The van der Waals surface area contributed by atoms with Crippen molar-refractivity contribution in [3.63, 3.8) is 0 Å². The number of aromatic nitrogens is 1. The lowest BCUT2D eigenvalue weighted by Crippen LogP contribution is -2.23. The molecule has 1 heterocycles. The molecule has 0 aliphatic carbocycles. The highest BCUT2D eigenvalue weighted by molar-refractivity contribution is 7.15. The molecule has 7 heteroatoms. The van der Waals surface area contributed by atoms with Gasteiger partial charge in [-0.3, -0.25) is 0 Å². The number of benzene rings is 1. The molecule has 1 aromatic heterocycles. The third-order valence-corrected chi connectivity index (χ3v) is 4.16. The van der Waals surface area contributed by atoms with Crippen LogP contribution in [-0.2, 0) is 12.7 Å². The molecular weight excluding hydrogens is 321 g/mol. The van der Waals surface area contributed by atoms with E-state index in [-0.39, 0.29) is 22.5 Å². The van der Waals surface area contributed by atoms with E-state index in [4.69, 9.17) is 11.6 Å². The highest BCUT2D eigenvalue weighted by atomic mass is 35.5. The van der Waals surface area contributed by atoms with Crippen molar-refractivity contribution in [1.82, 2.24) is 10.3 Å². The van der Waals surface area contributed by atoms with Gasteiger partial charge in [0.05, 0.1) is 9.90 Å². The van der Waals surface area contributed by atoms with Gasteiger partial charge in [0.15, 0.2) is 5.69 Å². The minimum Gasteiger partial charge on any atom is -0.310 e. The molecule has 0 bridgehead atoms. The third-order valence-electron chi connectivity index (χ3n) is 2.74. The van der Waals surface area contributed by atoms with Crippen LogP contribution in [-0.4, -0.2) is 11.0 Å². The molecule has 2 aromatic rings. The van der Waals surface area contributed by atoms with Crippen LogP contribution >= 0.6 is 22.9 Å². The van der Waals surface area contributed by atoms with E-state index in [1.807, 2.05) is 13.8 Å². The van der Waals surface area contributed by atoms with Gasteiger partial charge < -0.3 is 5.32 Å². The lowest BCUT2D eigenvalue weighted by molar-refractivity contribution is -0.141. The first-order valence-corrected chi connectivity index (χ1v) is 7.53. The smallest absolute Gasteiger partial charge is 0.310 e. The molecule has 0 aliphatic heterocycles. The van der Waals surface area contributed by atoms with Crippen molar-refractivity contribution < 1.29 is 13.2 Å². The van der Waals surface area contributed by atoms with Crippen molar-refractivity contribution in [1.29, 1.82) is 0 Å². The summed E-state index contributed by atoms with van der Waals surface area (Å²) in [6.07, 6.45) is -4.47. The molecule has 0 unspecified atom stereocenters. The quantitative estimate of drug-likeness (QED) is 0.853. The standard InChI is InChI=1S/C14H14ClF3N2S/c1-8(2)19-7-11-12(14(16,17)18)20-13(21-11)9-5-3-4-6-10(9)15/h3-6,8,19H,7H2,1-2H3. The van der Waals surface area contributed by atoms with Crippen LogP contribution in [0.15, 0.2) is 24.3 Å². The molecule has 0 amide bonds. The van der Waals surface area contributed by atoms with Crippen molar-refractivity contribution in [2.45, 2.75) is 32.6 Å². The van der Waals surface area contributed by atoms with Gasteiger partial charge in [0, 0.05) is 18.2 Å². The minimum atomic E-state index is -4.47. The Labute approximate surface area is 130 Å². The first-order valence-electron chi connectivity index (χ1n) is 6.34. The van der Waals surface area contributed by atoms with Crippen molar-refractivity contribution >= 4 is 22.9 Å². The minimum absolute atomic E-state index is 0.0944. The van der Waals surface area contributed by atoms with Gasteiger partial charge in [-0.15, -0.1) is 11.3 Å². The summed E-state index contributed by atoms with van der Waals surface area (Å²) in [5.41, 5.74) is -0.318. The van der Waals surface area contributed by atoms with Crippen LogP contribution in [0.1, 0.15) is 24.4 Å². The van der Waals surface area contributed by atoms with Crippen LogP contribution in [0.25, 0.3) is 10.6 Å². The molecule has 1 N–H and O–H groups in total. The molecule has 0 aliphatic rings. The zero-order valence-corrected chi connectivity index (χ0v) is 13.0. The Morgan fingerprint density at radius 3 is 2.52 bits per heavy atom. The third kappa shape index (κ3) is 3.96. The molecule has 0 spiro atoms. The zero-order chi connectivity index (χ0) is 15.6. The summed E-state index contributed by atoms with van der Waals surface area (Å²) in [6, 6.07) is 6.85. The number of halogens is 4. The van der Waals surface area contributed by atoms with E-state index in [1.54, 1.807) is 24.3 Å². The SMILES string of the molecule is CC(C)NCc1sc(-c2ccccc2Cl)nc1C(F)(F)F. The summed E-state index contributed by atoms with van der Waals surface area (Å²) in [4.78, 5) is 3.93. The first kappa shape index (κ1) is 16.3. The summed E-state index contributed by atoms with van der Waals surface area (Å²) in [6.45, 7) is 3.89. The van der Waals surface area contributed by atoms with Gasteiger partial charge in [0.1, 0.15) is 5.01 Å². The molecule has 0 saturated heterocycles. The van der Waals surface area contributed by atoms with Gasteiger partial charge >= 0.3 is 6.18 Å². The lowest BCUT2D eigenvalue weighted by Gasteiger charge is -2.09. The Morgan fingerprint density at radius 1 is 1.29 bits per heavy atom. The number of nitrogens with zero attached hydrogens (tertiary/aromatic N) is 1. The fraction of sp³-hybridized carbons (Fsp3) is 0.357. The summed E-state index contributed by atoms with van der Waals surface area (Å²) < 4.78 is 39.3. The predicted octanol–water partition coefficient (Wildman–Crippen LogP) is 4.98. The van der Waals surface area contributed by atoms with Crippen molar-refractivity contribution in [3.05, 3.63) is 39.9 Å². The van der Waals surface area contributed by atoms with Gasteiger partial charge in [0.2, 0.25) is 0 Å². The molecule has 114 valence electrons. The van der Waals surface area contributed by atoms with Crippen molar-refractivity contribution in [3.8, 4) is 10.6 Å². The summed E-state index contributed by atoms with van der Waals surface area (Å²) in [5.74, 6) is 0. The molecule has 0 saturated carbocycles. The molecule has 1 aromatic carbocycles. The molecule has 0 fully saturated rings. The van der Waals surface area contributed by atoms with E-state index in [9.17, 15) is 13.2 Å². The van der Waals surface area contributed by atoms with Gasteiger partial charge in [-0.2, -0.15) is 13.2 Å². The highest BCUT2D eigenvalue weighted by Crippen LogP contribution is 2.39. The summed E-state index contributed by atoms with van der Waals surface area (Å²) in [5, 5.41) is 3.67. The maximum atomic E-state index is 13.1. The maximum absolute atomic E-state index is 13.1. The lowest BCUT2D eigenvalue weighted by atomic mass is 10.2. The molecular formula is C14H14ClF3N2S. The van der Waals surface area contributed by atoms with Gasteiger partial charge in [-0.05, 0) is 6.07 Å². The Morgan fingerprint density at radius 2 is 1.95 bits per heavy atom.